The number of hydrogen-bond donors (Lipinski definition) is 1. The fourth-order valence-corrected chi connectivity index (χ4v) is 3.70. The van der Waals surface area contributed by atoms with Crippen molar-refractivity contribution in [3.05, 3.63) is 45.9 Å². The zero-order valence-electron chi connectivity index (χ0n) is 20.1. The third-order valence-electron chi connectivity index (χ3n) is 5.27. The SMILES string of the molecule is CC(C)(C)OC(=O)N1CCC(Oc2ccc(OCC(O)CCn3cc([N+](=O)[O-])nc3Cl)cc2)CC1. The van der Waals surface area contributed by atoms with Crippen LogP contribution in [0.15, 0.2) is 30.5 Å². The summed E-state index contributed by atoms with van der Waals surface area (Å²) in [4.78, 5) is 27.6. The Labute approximate surface area is 208 Å². The van der Waals surface area contributed by atoms with Crippen LogP contribution in [0.4, 0.5) is 10.6 Å². The number of aliphatic hydroxyl groups is 1. The predicted octanol–water partition coefficient (Wildman–Crippen LogP) is 4.05. The van der Waals surface area contributed by atoms with E-state index in [9.17, 15) is 20.0 Å². The van der Waals surface area contributed by atoms with Crippen LogP contribution in [0, 0.1) is 10.1 Å². The molecule has 35 heavy (non-hydrogen) atoms. The van der Waals surface area contributed by atoms with Gasteiger partial charge in [0.15, 0.2) is 0 Å². The largest absolute Gasteiger partial charge is 0.491 e. The molecule has 2 heterocycles. The summed E-state index contributed by atoms with van der Waals surface area (Å²) >= 11 is 5.87. The molecule has 1 N–H and O–H groups in total. The predicted molar refractivity (Wildman–Crippen MR) is 128 cm³/mol. The molecule has 1 fully saturated rings. The third kappa shape index (κ3) is 8.29. The summed E-state index contributed by atoms with van der Waals surface area (Å²) in [7, 11) is 0. The Morgan fingerprint density at radius 1 is 1.26 bits per heavy atom. The number of nitro groups is 1. The van der Waals surface area contributed by atoms with Crippen molar-refractivity contribution in [1.82, 2.24) is 14.5 Å². The molecule has 1 aromatic carbocycles. The fourth-order valence-electron chi connectivity index (χ4n) is 3.48. The first kappa shape index (κ1) is 26.6. The summed E-state index contributed by atoms with van der Waals surface area (Å²) in [6.07, 6.45) is 1.87. The van der Waals surface area contributed by atoms with Crippen LogP contribution in [0.3, 0.4) is 0 Å². The first-order chi connectivity index (χ1) is 16.5. The topological polar surface area (TPSA) is 129 Å². The molecule has 11 nitrogen and oxygen atoms in total. The minimum absolute atomic E-state index is 0.00378. The van der Waals surface area contributed by atoms with E-state index in [-0.39, 0.29) is 42.9 Å². The van der Waals surface area contributed by atoms with Crippen molar-refractivity contribution in [2.75, 3.05) is 19.7 Å². The lowest BCUT2D eigenvalue weighted by Gasteiger charge is -2.33. The first-order valence-electron chi connectivity index (χ1n) is 11.4. The van der Waals surface area contributed by atoms with Gasteiger partial charge in [-0.3, -0.25) is 4.57 Å². The van der Waals surface area contributed by atoms with Gasteiger partial charge in [-0.25, -0.2) is 4.79 Å². The number of nitrogens with zero attached hydrogens (tertiary/aromatic N) is 4. The van der Waals surface area contributed by atoms with Gasteiger partial charge in [0, 0.05) is 32.5 Å². The lowest BCUT2D eigenvalue weighted by molar-refractivity contribution is -0.389. The van der Waals surface area contributed by atoms with Gasteiger partial charge in [0.25, 0.3) is 0 Å². The Balaban J connectivity index is 1.38. The summed E-state index contributed by atoms with van der Waals surface area (Å²) < 4.78 is 18.5. The number of aliphatic hydroxyl groups excluding tert-OH is 1. The van der Waals surface area contributed by atoms with Crippen molar-refractivity contribution in [3.63, 3.8) is 0 Å². The highest BCUT2D eigenvalue weighted by atomic mass is 35.5. The summed E-state index contributed by atoms with van der Waals surface area (Å²) in [5, 5.41) is 20.9. The van der Waals surface area contributed by atoms with Gasteiger partial charge < -0.3 is 34.3 Å². The van der Waals surface area contributed by atoms with E-state index in [1.54, 1.807) is 29.2 Å². The average molecular weight is 511 g/mol. The zero-order valence-corrected chi connectivity index (χ0v) is 20.8. The fraction of sp³-hybridized carbons (Fsp3) is 0.565. The van der Waals surface area contributed by atoms with Crippen LogP contribution in [0.1, 0.15) is 40.0 Å². The second kappa shape index (κ2) is 11.6. The van der Waals surface area contributed by atoms with E-state index < -0.39 is 16.6 Å². The number of ether oxygens (including phenoxy) is 3. The van der Waals surface area contributed by atoms with E-state index in [2.05, 4.69) is 4.98 Å². The molecule has 0 aliphatic carbocycles. The second-order valence-corrected chi connectivity index (χ2v) is 9.67. The number of benzene rings is 1. The van der Waals surface area contributed by atoms with Gasteiger partial charge in [-0.2, -0.15) is 0 Å². The van der Waals surface area contributed by atoms with Gasteiger partial charge in [-0.1, -0.05) is 0 Å². The highest BCUT2D eigenvalue weighted by Gasteiger charge is 2.27. The van der Waals surface area contributed by atoms with E-state index in [1.165, 1.54) is 10.8 Å². The quantitative estimate of drug-likeness (QED) is 0.395. The molecule has 0 spiro atoms. The molecular weight excluding hydrogens is 480 g/mol. The van der Waals surface area contributed by atoms with Crippen LogP contribution in [0.25, 0.3) is 0 Å². The Hall–Kier alpha value is -3.05. The summed E-state index contributed by atoms with van der Waals surface area (Å²) in [6, 6.07) is 7.11. The molecule has 12 heteroatoms. The maximum atomic E-state index is 12.2. The number of likely N-dealkylation sites (tertiary alicyclic amines) is 1. The van der Waals surface area contributed by atoms with Crippen LogP contribution in [0.2, 0.25) is 5.28 Å². The minimum atomic E-state index is -0.793. The van der Waals surface area contributed by atoms with Crippen molar-refractivity contribution in [3.8, 4) is 11.5 Å². The van der Waals surface area contributed by atoms with Crippen molar-refractivity contribution in [2.45, 2.75) is 64.4 Å². The Bertz CT molecular complexity index is 998. The van der Waals surface area contributed by atoms with Crippen molar-refractivity contribution >= 4 is 23.5 Å². The average Bonchev–Trinajstić information content (AvgIpc) is 3.17. The maximum absolute atomic E-state index is 12.2. The normalized spacial score (nSPS) is 15.5. The molecule has 1 aliphatic heterocycles. The molecular formula is C23H31ClN4O7. The van der Waals surface area contributed by atoms with Crippen LogP contribution in [-0.2, 0) is 11.3 Å². The number of halogens is 1. The summed E-state index contributed by atoms with van der Waals surface area (Å²) in [5.41, 5.74) is -0.513. The molecule has 0 radical (unpaired) electrons. The van der Waals surface area contributed by atoms with Crippen molar-refractivity contribution < 1.29 is 29.0 Å². The molecule has 1 amide bonds. The summed E-state index contributed by atoms with van der Waals surface area (Å²) in [6.45, 7) is 7.03. The molecule has 1 aromatic heterocycles. The molecule has 3 rings (SSSR count). The molecule has 1 aliphatic rings. The van der Waals surface area contributed by atoms with Gasteiger partial charge >= 0.3 is 17.2 Å². The number of aryl methyl sites for hydroxylation is 1. The molecule has 0 bridgehead atoms. The van der Waals surface area contributed by atoms with E-state index >= 15 is 0 Å². The smallest absolute Gasteiger partial charge is 0.410 e. The number of aromatic nitrogens is 2. The van der Waals surface area contributed by atoms with E-state index in [1.807, 2.05) is 20.8 Å². The number of carbonyl (C=O) groups excluding carboxylic acids is 1. The van der Waals surface area contributed by atoms with E-state index in [0.29, 0.717) is 37.4 Å². The number of hydrogen-bond acceptors (Lipinski definition) is 8. The number of imidazole rings is 1. The highest BCUT2D eigenvalue weighted by Crippen LogP contribution is 2.23. The molecule has 0 saturated carbocycles. The van der Waals surface area contributed by atoms with E-state index in [4.69, 9.17) is 25.8 Å². The molecule has 1 atom stereocenters. The van der Waals surface area contributed by atoms with Gasteiger partial charge in [0.1, 0.15) is 36.0 Å². The van der Waals surface area contributed by atoms with E-state index in [0.717, 1.165) is 0 Å². The third-order valence-corrected chi connectivity index (χ3v) is 5.57. The van der Waals surface area contributed by atoms with Gasteiger partial charge in [0.05, 0.1) is 6.10 Å². The molecule has 192 valence electrons. The van der Waals surface area contributed by atoms with Crippen LogP contribution in [0.5, 0.6) is 11.5 Å². The van der Waals surface area contributed by atoms with Crippen molar-refractivity contribution in [1.29, 1.82) is 0 Å². The standard InChI is InChI=1S/C23H31ClN4O7/c1-23(2,3)35-22(30)26-12-9-19(10-13-26)34-18-6-4-17(5-7-18)33-15-16(29)8-11-27-14-20(28(31)32)25-21(27)24/h4-7,14,16,19,29H,8-13,15H2,1-3H3. The Morgan fingerprint density at radius 3 is 2.46 bits per heavy atom. The number of piperidine rings is 1. The lowest BCUT2D eigenvalue weighted by Crippen LogP contribution is -2.44. The highest BCUT2D eigenvalue weighted by molar-refractivity contribution is 6.28. The van der Waals surface area contributed by atoms with Crippen LogP contribution >= 0.6 is 11.6 Å². The minimum Gasteiger partial charge on any atom is -0.491 e. The van der Waals surface area contributed by atoms with Crippen molar-refractivity contribution in [2.24, 2.45) is 0 Å². The Morgan fingerprint density at radius 2 is 1.89 bits per heavy atom. The molecule has 1 saturated heterocycles. The molecule has 1 unspecified atom stereocenters. The molecule has 2 aromatic rings. The van der Waals surface area contributed by atoms with Crippen LogP contribution < -0.4 is 9.47 Å². The Kier molecular flexibility index (Phi) is 8.79. The van der Waals surface area contributed by atoms with Gasteiger partial charge in [0.2, 0.25) is 0 Å². The maximum Gasteiger partial charge on any atom is 0.410 e. The number of carbonyl (C=O) groups is 1. The lowest BCUT2D eigenvalue weighted by atomic mass is 10.1. The monoisotopic (exact) mass is 510 g/mol. The summed E-state index contributed by atoms with van der Waals surface area (Å²) in [5.74, 6) is 0.939. The first-order valence-corrected chi connectivity index (χ1v) is 11.8. The zero-order chi connectivity index (χ0) is 25.6. The van der Waals surface area contributed by atoms with Gasteiger partial charge in [-0.15, -0.1) is 0 Å². The second-order valence-electron chi connectivity index (χ2n) is 9.33. The number of rotatable bonds is 9. The number of amides is 1. The van der Waals surface area contributed by atoms with Crippen LogP contribution in [-0.4, -0.2) is 68.1 Å². The van der Waals surface area contributed by atoms with Gasteiger partial charge in [-0.05, 0) is 73.0 Å².